The van der Waals surface area contributed by atoms with E-state index < -0.39 is 0 Å². The predicted octanol–water partition coefficient (Wildman–Crippen LogP) is 1.71. The number of aliphatic hydroxyl groups is 1. The fourth-order valence-electron chi connectivity index (χ4n) is 1.57. The van der Waals surface area contributed by atoms with Crippen LogP contribution in [-0.4, -0.2) is 24.9 Å². The molecule has 0 amide bonds. The van der Waals surface area contributed by atoms with E-state index in [0.717, 1.165) is 10.0 Å². The Kier molecular flexibility index (Phi) is 2.41. The number of hydrogen-bond donors (Lipinski definition) is 1. The average Bonchev–Trinajstić information content (AvgIpc) is 2.07. The maximum Gasteiger partial charge on any atom is 0.0662 e. The van der Waals surface area contributed by atoms with Crippen molar-refractivity contribution in [3.8, 4) is 0 Å². The van der Waals surface area contributed by atoms with Crippen molar-refractivity contribution in [3.05, 3.63) is 34.3 Å². The normalized spacial score (nSPS) is 19.5. The molecule has 2 rings (SSSR count). The third-order valence-electron chi connectivity index (χ3n) is 2.50. The van der Waals surface area contributed by atoms with E-state index in [0.29, 0.717) is 13.2 Å². The highest BCUT2D eigenvalue weighted by molar-refractivity contribution is 9.10. The zero-order chi connectivity index (χ0) is 9.31. The fraction of sp³-hybridized carbons (Fsp3) is 0.400. The van der Waals surface area contributed by atoms with Gasteiger partial charge in [0, 0.05) is 4.47 Å². The summed E-state index contributed by atoms with van der Waals surface area (Å²) >= 11 is 3.48. The topological polar surface area (TPSA) is 29.5 Å². The molecule has 1 fully saturated rings. The summed E-state index contributed by atoms with van der Waals surface area (Å²) in [5.41, 5.74) is 0.976. The molecule has 0 aliphatic carbocycles. The van der Waals surface area contributed by atoms with Gasteiger partial charge >= 0.3 is 0 Å². The van der Waals surface area contributed by atoms with Crippen LogP contribution >= 0.6 is 15.9 Å². The largest absolute Gasteiger partial charge is 0.395 e. The van der Waals surface area contributed by atoms with Crippen molar-refractivity contribution in [2.75, 3.05) is 19.8 Å². The summed E-state index contributed by atoms with van der Waals surface area (Å²) in [6, 6.07) is 7.97. The fourth-order valence-corrected chi connectivity index (χ4v) is 2.28. The molecule has 1 saturated heterocycles. The van der Waals surface area contributed by atoms with Crippen LogP contribution in [0.15, 0.2) is 28.7 Å². The molecular weight excluding hydrogens is 232 g/mol. The number of benzene rings is 1. The second-order valence-electron chi connectivity index (χ2n) is 3.41. The molecule has 1 heterocycles. The third kappa shape index (κ3) is 1.41. The van der Waals surface area contributed by atoms with Crippen LogP contribution in [0.2, 0.25) is 0 Å². The number of rotatable bonds is 2. The van der Waals surface area contributed by atoms with E-state index in [1.807, 2.05) is 24.3 Å². The highest BCUT2D eigenvalue weighted by Crippen LogP contribution is 2.36. The average molecular weight is 243 g/mol. The van der Waals surface area contributed by atoms with E-state index >= 15 is 0 Å². The van der Waals surface area contributed by atoms with Gasteiger partial charge in [0.05, 0.1) is 25.2 Å². The van der Waals surface area contributed by atoms with Gasteiger partial charge in [0.1, 0.15) is 0 Å². The standard InChI is InChI=1S/C10H11BrO2/c11-9-4-2-1-3-8(9)10(5-12)6-13-7-10/h1-4,12H,5-7H2. The SMILES string of the molecule is OCC1(c2ccccc2Br)COC1. The summed E-state index contributed by atoms with van der Waals surface area (Å²) in [6.07, 6.45) is 0. The second-order valence-corrected chi connectivity index (χ2v) is 4.27. The van der Waals surface area contributed by atoms with Crippen molar-refractivity contribution in [1.29, 1.82) is 0 Å². The van der Waals surface area contributed by atoms with E-state index in [9.17, 15) is 5.11 Å². The van der Waals surface area contributed by atoms with Gasteiger partial charge in [-0.2, -0.15) is 0 Å². The first-order valence-corrected chi connectivity index (χ1v) is 5.01. The Bertz CT molecular complexity index is 302. The van der Waals surface area contributed by atoms with Crippen molar-refractivity contribution in [1.82, 2.24) is 0 Å². The van der Waals surface area contributed by atoms with Crippen LogP contribution in [0, 0.1) is 0 Å². The molecule has 1 N–H and O–H groups in total. The van der Waals surface area contributed by atoms with Gasteiger partial charge in [-0.1, -0.05) is 34.1 Å². The van der Waals surface area contributed by atoms with Crippen LogP contribution in [0.1, 0.15) is 5.56 Å². The lowest BCUT2D eigenvalue weighted by Crippen LogP contribution is -2.49. The van der Waals surface area contributed by atoms with Gasteiger partial charge in [-0.25, -0.2) is 0 Å². The van der Waals surface area contributed by atoms with Gasteiger partial charge in [-0.3, -0.25) is 0 Å². The minimum Gasteiger partial charge on any atom is -0.395 e. The van der Waals surface area contributed by atoms with Gasteiger partial charge in [0.2, 0.25) is 0 Å². The van der Waals surface area contributed by atoms with Crippen molar-refractivity contribution in [3.63, 3.8) is 0 Å². The van der Waals surface area contributed by atoms with Crippen molar-refractivity contribution in [2.45, 2.75) is 5.41 Å². The number of ether oxygens (including phenoxy) is 1. The predicted molar refractivity (Wildman–Crippen MR) is 53.7 cm³/mol. The Morgan fingerprint density at radius 2 is 2.08 bits per heavy atom. The van der Waals surface area contributed by atoms with Crippen LogP contribution in [0.25, 0.3) is 0 Å². The maximum absolute atomic E-state index is 9.31. The van der Waals surface area contributed by atoms with Crippen LogP contribution in [0.4, 0.5) is 0 Å². The first-order chi connectivity index (χ1) is 6.28. The lowest BCUT2D eigenvalue weighted by molar-refractivity contribution is -0.0845. The summed E-state index contributed by atoms with van der Waals surface area (Å²) in [4.78, 5) is 0. The molecule has 2 nitrogen and oxygen atoms in total. The van der Waals surface area contributed by atoms with Gasteiger partial charge in [-0.05, 0) is 11.6 Å². The smallest absolute Gasteiger partial charge is 0.0662 e. The van der Waals surface area contributed by atoms with Crippen LogP contribution in [-0.2, 0) is 10.2 Å². The molecule has 13 heavy (non-hydrogen) atoms. The minimum absolute atomic E-state index is 0.148. The molecule has 0 saturated carbocycles. The van der Waals surface area contributed by atoms with Gasteiger partial charge in [0.15, 0.2) is 0 Å². The molecule has 1 aliphatic rings. The molecule has 0 spiro atoms. The molecule has 0 aromatic heterocycles. The summed E-state index contributed by atoms with van der Waals surface area (Å²) in [5.74, 6) is 0. The first-order valence-electron chi connectivity index (χ1n) is 4.22. The maximum atomic E-state index is 9.31. The van der Waals surface area contributed by atoms with Crippen molar-refractivity contribution < 1.29 is 9.84 Å². The van der Waals surface area contributed by atoms with Gasteiger partial charge in [0.25, 0.3) is 0 Å². The van der Waals surface area contributed by atoms with Crippen LogP contribution < -0.4 is 0 Å². The third-order valence-corrected chi connectivity index (χ3v) is 3.20. The summed E-state index contributed by atoms with van der Waals surface area (Å²) in [6.45, 7) is 1.38. The quantitative estimate of drug-likeness (QED) is 0.856. The number of aliphatic hydroxyl groups excluding tert-OH is 1. The lowest BCUT2D eigenvalue weighted by Gasteiger charge is -2.40. The molecule has 1 aromatic rings. The van der Waals surface area contributed by atoms with E-state index in [1.165, 1.54) is 0 Å². The molecule has 0 bridgehead atoms. The molecular formula is C10H11BrO2. The summed E-state index contributed by atoms with van der Waals surface area (Å²) in [5, 5.41) is 9.31. The van der Waals surface area contributed by atoms with Crippen LogP contribution in [0.5, 0.6) is 0 Å². The van der Waals surface area contributed by atoms with Crippen molar-refractivity contribution in [2.24, 2.45) is 0 Å². The number of halogens is 1. The Balaban J connectivity index is 2.38. The van der Waals surface area contributed by atoms with E-state index in [1.54, 1.807) is 0 Å². The molecule has 3 heteroatoms. The molecule has 70 valence electrons. The highest BCUT2D eigenvalue weighted by Gasteiger charge is 2.40. The number of hydrogen-bond acceptors (Lipinski definition) is 2. The summed E-state index contributed by atoms with van der Waals surface area (Å²) in [7, 11) is 0. The van der Waals surface area contributed by atoms with E-state index in [-0.39, 0.29) is 12.0 Å². The van der Waals surface area contributed by atoms with Crippen LogP contribution in [0.3, 0.4) is 0 Å². The Hall–Kier alpha value is -0.380. The molecule has 0 unspecified atom stereocenters. The lowest BCUT2D eigenvalue weighted by atomic mass is 9.79. The Morgan fingerprint density at radius 1 is 1.38 bits per heavy atom. The zero-order valence-electron chi connectivity index (χ0n) is 7.16. The first kappa shape index (κ1) is 9.19. The van der Waals surface area contributed by atoms with Gasteiger partial charge in [-0.15, -0.1) is 0 Å². The Labute approximate surface area is 85.7 Å². The molecule has 0 atom stereocenters. The summed E-state index contributed by atoms with van der Waals surface area (Å²) < 4.78 is 6.21. The van der Waals surface area contributed by atoms with E-state index in [2.05, 4.69) is 15.9 Å². The second kappa shape index (κ2) is 3.40. The molecule has 1 aromatic carbocycles. The molecule has 0 radical (unpaired) electrons. The van der Waals surface area contributed by atoms with Gasteiger partial charge < -0.3 is 9.84 Å². The minimum atomic E-state index is -0.167. The molecule has 1 aliphatic heterocycles. The van der Waals surface area contributed by atoms with Crippen molar-refractivity contribution >= 4 is 15.9 Å². The van der Waals surface area contributed by atoms with E-state index in [4.69, 9.17) is 4.74 Å². The Morgan fingerprint density at radius 3 is 2.54 bits per heavy atom. The zero-order valence-corrected chi connectivity index (χ0v) is 8.75. The highest BCUT2D eigenvalue weighted by atomic mass is 79.9. The monoisotopic (exact) mass is 242 g/mol.